The molecule has 128 valence electrons. The summed E-state index contributed by atoms with van der Waals surface area (Å²) < 4.78 is 3.82. The molecule has 7 nitrogen and oxygen atoms in total. The highest BCUT2D eigenvalue weighted by Crippen LogP contribution is 2.40. The van der Waals surface area contributed by atoms with Crippen molar-refractivity contribution in [2.24, 2.45) is 7.05 Å². The summed E-state index contributed by atoms with van der Waals surface area (Å²) >= 11 is 1.32. The molecule has 2 amide bonds. The van der Waals surface area contributed by atoms with Gasteiger partial charge in [-0.15, -0.1) is 10.2 Å². The Hall–Kier alpha value is -2.09. The summed E-state index contributed by atoms with van der Waals surface area (Å²) in [6, 6.07) is 3.89. The number of rotatable bonds is 6. The fourth-order valence-electron chi connectivity index (χ4n) is 2.51. The highest BCUT2D eigenvalue weighted by molar-refractivity contribution is 7.99. The topological polar surface area (TPSA) is 81.8 Å². The van der Waals surface area contributed by atoms with Crippen molar-refractivity contribution in [3.05, 3.63) is 29.8 Å². The van der Waals surface area contributed by atoms with Crippen LogP contribution in [0.4, 0.5) is 0 Å². The summed E-state index contributed by atoms with van der Waals surface area (Å²) in [4.78, 5) is 24.1. The SMILES string of the molecule is CC(C)c1nnc(SCC(=O)NC(=O)c2cccn2C)n1C1CC1. The van der Waals surface area contributed by atoms with E-state index in [4.69, 9.17) is 0 Å². The Morgan fingerprint density at radius 1 is 1.38 bits per heavy atom. The third-order valence-corrected chi connectivity index (χ3v) is 4.82. The van der Waals surface area contributed by atoms with Crippen LogP contribution in [0.25, 0.3) is 0 Å². The van der Waals surface area contributed by atoms with Crippen molar-refractivity contribution in [2.75, 3.05) is 5.75 Å². The lowest BCUT2D eigenvalue weighted by molar-refractivity contribution is -0.117. The number of carbonyl (C=O) groups is 2. The highest BCUT2D eigenvalue weighted by Gasteiger charge is 2.30. The molecule has 24 heavy (non-hydrogen) atoms. The van der Waals surface area contributed by atoms with Crippen LogP contribution in [0.15, 0.2) is 23.5 Å². The lowest BCUT2D eigenvalue weighted by atomic mass is 10.2. The zero-order valence-corrected chi connectivity index (χ0v) is 14.8. The van der Waals surface area contributed by atoms with Crippen LogP contribution >= 0.6 is 11.8 Å². The Kier molecular flexibility index (Phi) is 4.75. The molecule has 1 fully saturated rings. The number of amides is 2. The molecule has 0 atom stereocenters. The predicted molar refractivity (Wildman–Crippen MR) is 91.0 cm³/mol. The molecule has 0 spiro atoms. The molecule has 3 rings (SSSR count). The van der Waals surface area contributed by atoms with Crippen LogP contribution in [-0.2, 0) is 11.8 Å². The minimum Gasteiger partial charge on any atom is -0.347 e. The molecule has 1 aliphatic rings. The van der Waals surface area contributed by atoms with Crippen molar-refractivity contribution >= 4 is 23.6 Å². The van der Waals surface area contributed by atoms with E-state index in [9.17, 15) is 9.59 Å². The first-order valence-corrected chi connectivity index (χ1v) is 8.99. The molecular weight excluding hydrogens is 326 g/mol. The highest BCUT2D eigenvalue weighted by atomic mass is 32.2. The number of hydrogen-bond acceptors (Lipinski definition) is 5. The molecule has 0 unspecified atom stereocenters. The summed E-state index contributed by atoms with van der Waals surface area (Å²) in [5, 5.41) is 11.6. The second kappa shape index (κ2) is 6.80. The van der Waals surface area contributed by atoms with Gasteiger partial charge < -0.3 is 9.13 Å². The van der Waals surface area contributed by atoms with Gasteiger partial charge in [0.1, 0.15) is 11.5 Å². The number of carbonyl (C=O) groups excluding carboxylic acids is 2. The average Bonchev–Trinajstić information content (AvgIpc) is 3.12. The van der Waals surface area contributed by atoms with Crippen molar-refractivity contribution in [1.29, 1.82) is 0 Å². The number of thioether (sulfide) groups is 1. The Labute approximate surface area is 144 Å². The Morgan fingerprint density at radius 2 is 2.12 bits per heavy atom. The summed E-state index contributed by atoms with van der Waals surface area (Å²) in [5.74, 6) is 0.668. The maximum Gasteiger partial charge on any atom is 0.274 e. The van der Waals surface area contributed by atoms with Crippen molar-refractivity contribution in [3.8, 4) is 0 Å². The molecule has 0 bridgehead atoms. The first kappa shape index (κ1) is 16.8. The largest absolute Gasteiger partial charge is 0.347 e. The van der Waals surface area contributed by atoms with Crippen LogP contribution in [0, 0.1) is 0 Å². The van der Waals surface area contributed by atoms with Gasteiger partial charge in [0.15, 0.2) is 5.16 Å². The molecular formula is C16H21N5O2S. The predicted octanol–water partition coefficient (Wildman–Crippen LogP) is 2.12. The van der Waals surface area contributed by atoms with Gasteiger partial charge in [0.2, 0.25) is 5.91 Å². The molecule has 1 N–H and O–H groups in total. The van der Waals surface area contributed by atoms with Gasteiger partial charge in [-0.1, -0.05) is 25.6 Å². The summed E-state index contributed by atoms with van der Waals surface area (Å²) in [6.07, 6.45) is 4.02. The van der Waals surface area contributed by atoms with E-state index in [1.165, 1.54) is 11.8 Å². The third kappa shape index (κ3) is 3.53. The van der Waals surface area contributed by atoms with Crippen LogP contribution in [0.5, 0.6) is 0 Å². The van der Waals surface area contributed by atoms with Crippen LogP contribution < -0.4 is 5.32 Å². The van der Waals surface area contributed by atoms with Gasteiger partial charge in [-0.3, -0.25) is 14.9 Å². The number of imide groups is 1. The number of nitrogens with zero attached hydrogens (tertiary/aromatic N) is 4. The second-order valence-corrected chi connectivity index (χ2v) is 7.21. The number of nitrogens with one attached hydrogen (secondary N) is 1. The minimum atomic E-state index is -0.389. The normalized spacial score (nSPS) is 14.2. The van der Waals surface area contributed by atoms with E-state index in [1.54, 1.807) is 29.9 Å². The van der Waals surface area contributed by atoms with E-state index in [0.29, 0.717) is 17.7 Å². The minimum absolute atomic E-state index is 0.138. The molecule has 8 heteroatoms. The smallest absolute Gasteiger partial charge is 0.274 e. The molecule has 0 saturated heterocycles. The van der Waals surface area contributed by atoms with E-state index < -0.39 is 0 Å². The quantitative estimate of drug-likeness (QED) is 0.810. The molecule has 0 radical (unpaired) electrons. The lowest BCUT2D eigenvalue weighted by Gasteiger charge is -2.10. The van der Waals surface area contributed by atoms with Gasteiger partial charge in [0.05, 0.1) is 5.75 Å². The average molecular weight is 347 g/mol. The van der Waals surface area contributed by atoms with Gasteiger partial charge in [-0.05, 0) is 25.0 Å². The molecule has 0 aromatic carbocycles. The van der Waals surface area contributed by atoms with E-state index in [1.807, 2.05) is 0 Å². The van der Waals surface area contributed by atoms with E-state index in [-0.39, 0.29) is 17.6 Å². The Balaban J connectivity index is 1.61. The van der Waals surface area contributed by atoms with Gasteiger partial charge in [-0.2, -0.15) is 0 Å². The van der Waals surface area contributed by atoms with Crippen molar-refractivity contribution in [3.63, 3.8) is 0 Å². The Bertz CT molecular complexity index is 760. The molecule has 0 aliphatic heterocycles. The first-order chi connectivity index (χ1) is 11.5. The van der Waals surface area contributed by atoms with Gasteiger partial charge in [0, 0.05) is 25.2 Å². The van der Waals surface area contributed by atoms with Crippen LogP contribution in [0.3, 0.4) is 0 Å². The molecule has 2 heterocycles. The lowest BCUT2D eigenvalue weighted by Crippen LogP contribution is -2.33. The van der Waals surface area contributed by atoms with Crippen LogP contribution in [0.2, 0.25) is 0 Å². The van der Waals surface area contributed by atoms with E-state index in [0.717, 1.165) is 23.8 Å². The third-order valence-electron chi connectivity index (χ3n) is 3.88. The van der Waals surface area contributed by atoms with Crippen LogP contribution in [0.1, 0.15) is 55.0 Å². The number of aryl methyl sites for hydroxylation is 1. The van der Waals surface area contributed by atoms with Gasteiger partial charge in [0.25, 0.3) is 5.91 Å². The zero-order chi connectivity index (χ0) is 17.3. The maximum absolute atomic E-state index is 12.1. The van der Waals surface area contributed by atoms with E-state index in [2.05, 4.69) is 33.9 Å². The second-order valence-electron chi connectivity index (χ2n) is 6.27. The van der Waals surface area contributed by atoms with Crippen molar-refractivity contribution < 1.29 is 9.59 Å². The summed E-state index contributed by atoms with van der Waals surface area (Å²) in [6.45, 7) is 4.17. The van der Waals surface area contributed by atoms with E-state index >= 15 is 0 Å². The molecule has 1 saturated carbocycles. The fraction of sp³-hybridized carbons (Fsp3) is 0.500. The standard InChI is InChI=1S/C16H21N5O2S/c1-10(2)14-18-19-16(21(14)11-6-7-11)24-9-13(22)17-15(23)12-5-4-8-20(12)3/h4-5,8,10-11H,6-7,9H2,1-3H3,(H,17,22,23). The van der Waals surface area contributed by atoms with Gasteiger partial charge in [-0.25, -0.2) is 0 Å². The first-order valence-electron chi connectivity index (χ1n) is 8.00. The van der Waals surface area contributed by atoms with Gasteiger partial charge >= 0.3 is 0 Å². The summed E-state index contributed by atoms with van der Waals surface area (Å²) in [5.41, 5.74) is 0.455. The number of aromatic nitrogens is 4. The maximum atomic E-state index is 12.1. The zero-order valence-electron chi connectivity index (χ0n) is 14.0. The summed E-state index contributed by atoms with van der Waals surface area (Å²) in [7, 11) is 1.76. The molecule has 2 aromatic heterocycles. The van der Waals surface area contributed by atoms with Crippen molar-refractivity contribution in [2.45, 2.75) is 43.8 Å². The van der Waals surface area contributed by atoms with Crippen molar-refractivity contribution in [1.82, 2.24) is 24.6 Å². The van der Waals surface area contributed by atoms with Crippen LogP contribution in [-0.4, -0.2) is 36.9 Å². The number of hydrogen-bond donors (Lipinski definition) is 1. The Morgan fingerprint density at radius 3 is 2.71 bits per heavy atom. The fourth-order valence-corrected chi connectivity index (χ4v) is 3.32. The molecule has 1 aliphatic carbocycles. The monoisotopic (exact) mass is 347 g/mol. The molecule has 2 aromatic rings.